The van der Waals surface area contributed by atoms with Crippen LogP contribution in [-0.4, -0.2) is 32.6 Å². The number of hydrogen-bond acceptors (Lipinski definition) is 8. The summed E-state index contributed by atoms with van der Waals surface area (Å²) >= 11 is 0.942. The van der Waals surface area contributed by atoms with Gasteiger partial charge in [-0.15, -0.1) is 10.2 Å². The number of carbonyl (C=O) groups is 1. The SMILES string of the molecule is CC1(C)Nc2ccccc2-c2nnc(SCC(=O)[O-])nc2O1. The zero-order valence-electron chi connectivity index (χ0n) is 12.0. The zero-order chi connectivity index (χ0) is 15.7. The second-order valence-corrected chi connectivity index (χ2v) is 6.13. The van der Waals surface area contributed by atoms with Gasteiger partial charge < -0.3 is 20.0 Å². The fourth-order valence-electron chi connectivity index (χ4n) is 2.11. The Labute approximate surface area is 131 Å². The van der Waals surface area contributed by atoms with Gasteiger partial charge in [0, 0.05) is 17.0 Å². The number of ether oxygens (including phenoxy) is 1. The van der Waals surface area contributed by atoms with Gasteiger partial charge >= 0.3 is 0 Å². The van der Waals surface area contributed by atoms with E-state index >= 15 is 0 Å². The van der Waals surface area contributed by atoms with E-state index in [0.29, 0.717) is 11.6 Å². The van der Waals surface area contributed by atoms with E-state index in [4.69, 9.17) is 4.74 Å². The second kappa shape index (κ2) is 5.45. The molecule has 1 aliphatic heterocycles. The molecule has 0 saturated heterocycles. The molecule has 0 unspecified atom stereocenters. The number of carboxylic acids is 1. The molecule has 0 spiro atoms. The van der Waals surface area contributed by atoms with Gasteiger partial charge in [-0.1, -0.05) is 30.0 Å². The quantitative estimate of drug-likeness (QED) is 0.834. The molecular formula is C14H13N4O3S-. The maximum Gasteiger partial charge on any atom is 0.247 e. The molecule has 8 heteroatoms. The van der Waals surface area contributed by atoms with Crippen molar-refractivity contribution >= 4 is 23.4 Å². The van der Waals surface area contributed by atoms with Crippen molar-refractivity contribution in [2.75, 3.05) is 11.1 Å². The Morgan fingerprint density at radius 2 is 2.14 bits per heavy atom. The lowest BCUT2D eigenvalue weighted by atomic mass is 10.1. The molecule has 1 aromatic carbocycles. The average molecular weight is 317 g/mol. The van der Waals surface area contributed by atoms with Gasteiger partial charge in [0.05, 0.1) is 5.97 Å². The second-order valence-electron chi connectivity index (χ2n) is 5.19. The van der Waals surface area contributed by atoms with E-state index in [9.17, 15) is 9.90 Å². The molecule has 0 aliphatic carbocycles. The normalized spacial score (nSPS) is 14.8. The fourth-order valence-corrected chi connectivity index (χ4v) is 2.61. The first-order valence-electron chi connectivity index (χ1n) is 6.58. The molecule has 22 heavy (non-hydrogen) atoms. The van der Waals surface area contributed by atoms with Crippen LogP contribution in [0, 0.1) is 0 Å². The van der Waals surface area contributed by atoms with Crippen LogP contribution in [0.4, 0.5) is 5.69 Å². The number of carboxylic acid groups (broad SMARTS) is 1. The highest BCUT2D eigenvalue weighted by molar-refractivity contribution is 7.99. The summed E-state index contributed by atoms with van der Waals surface area (Å²) in [6, 6.07) is 7.63. The highest BCUT2D eigenvalue weighted by Gasteiger charge is 2.29. The predicted octanol–water partition coefficient (Wildman–Crippen LogP) is 0.921. The van der Waals surface area contributed by atoms with Gasteiger partial charge in [0.2, 0.25) is 11.0 Å². The fraction of sp³-hybridized carbons (Fsp3) is 0.286. The van der Waals surface area contributed by atoms with E-state index in [1.165, 1.54) is 0 Å². The van der Waals surface area contributed by atoms with Gasteiger partial charge in [0.1, 0.15) is 0 Å². The van der Waals surface area contributed by atoms with Crippen molar-refractivity contribution in [1.29, 1.82) is 0 Å². The number of nitrogens with zero attached hydrogens (tertiary/aromatic N) is 3. The van der Waals surface area contributed by atoms with Crippen molar-refractivity contribution in [3.05, 3.63) is 24.3 Å². The Hall–Kier alpha value is -2.35. The van der Waals surface area contributed by atoms with E-state index in [1.54, 1.807) is 0 Å². The summed E-state index contributed by atoms with van der Waals surface area (Å²) in [4.78, 5) is 14.8. The van der Waals surface area contributed by atoms with Crippen molar-refractivity contribution in [2.24, 2.45) is 0 Å². The number of aliphatic carboxylic acids is 1. The number of carbonyl (C=O) groups excluding carboxylic acids is 1. The van der Waals surface area contributed by atoms with Crippen LogP contribution >= 0.6 is 11.8 Å². The Kier molecular flexibility index (Phi) is 3.61. The van der Waals surface area contributed by atoms with Crippen molar-refractivity contribution < 1.29 is 14.6 Å². The van der Waals surface area contributed by atoms with E-state index in [1.807, 2.05) is 38.1 Å². The van der Waals surface area contributed by atoms with Crippen LogP contribution in [0.15, 0.2) is 29.4 Å². The highest BCUT2D eigenvalue weighted by Crippen LogP contribution is 2.38. The molecule has 1 N–H and O–H groups in total. The summed E-state index contributed by atoms with van der Waals surface area (Å²) in [6.07, 6.45) is 0. The third kappa shape index (κ3) is 2.96. The largest absolute Gasteiger partial charge is 0.549 e. The Balaban J connectivity index is 2.05. The molecular weight excluding hydrogens is 304 g/mol. The Bertz CT molecular complexity index is 736. The number of thioether (sulfide) groups is 1. The van der Waals surface area contributed by atoms with E-state index in [2.05, 4.69) is 20.5 Å². The van der Waals surface area contributed by atoms with Gasteiger partial charge in [-0.2, -0.15) is 4.98 Å². The molecule has 0 bridgehead atoms. The molecule has 0 fully saturated rings. The van der Waals surface area contributed by atoms with Crippen LogP contribution in [0.5, 0.6) is 5.88 Å². The number of rotatable bonds is 3. The van der Waals surface area contributed by atoms with Crippen LogP contribution in [0.25, 0.3) is 11.3 Å². The number of fused-ring (bicyclic) bond motifs is 3. The minimum Gasteiger partial charge on any atom is -0.549 e. The van der Waals surface area contributed by atoms with Gasteiger partial charge in [-0.3, -0.25) is 0 Å². The van der Waals surface area contributed by atoms with E-state index < -0.39 is 11.7 Å². The van der Waals surface area contributed by atoms with Crippen molar-refractivity contribution in [1.82, 2.24) is 15.2 Å². The molecule has 3 rings (SSSR count). The maximum atomic E-state index is 10.5. The number of para-hydroxylation sites is 1. The molecule has 7 nitrogen and oxygen atoms in total. The molecule has 1 aromatic heterocycles. The maximum absolute atomic E-state index is 10.5. The Morgan fingerprint density at radius 1 is 1.36 bits per heavy atom. The average Bonchev–Trinajstić information content (AvgIpc) is 2.56. The minimum absolute atomic E-state index is 0.234. The van der Waals surface area contributed by atoms with Gasteiger partial charge in [-0.05, 0) is 19.9 Å². The lowest BCUT2D eigenvalue weighted by Crippen LogP contribution is -2.37. The summed E-state index contributed by atoms with van der Waals surface area (Å²) in [6.45, 7) is 3.74. The molecule has 0 saturated carbocycles. The van der Waals surface area contributed by atoms with Gasteiger partial charge in [0.15, 0.2) is 11.4 Å². The lowest BCUT2D eigenvalue weighted by molar-refractivity contribution is -0.301. The topological polar surface area (TPSA) is 100 Å². The number of nitrogens with one attached hydrogen (secondary N) is 1. The summed E-state index contributed by atoms with van der Waals surface area (Å²) in [5.41, 5.74) is 1.54. The highest BCUT2D eigenvalue weighted by atomic mass is 32.2. The van der Waals surface area contributed by atoms with Crippen LogP contribution in [0.2, 0.25) is 0 Å². The van der Waals surface area contributed by atoms with Gasteiger partial charge in [0.25, 0.3) is 0 Å². The number of anilines is 1. The first-order chi connectivity index (χ1) is 10.4. The lowest BCUT2D eigenvalue weighted by Gasteiger charge is -2.26. The van der Waals surface area contributed by atoms with Crippen LogP contribution < -0.4 is 15.2 Å². The first-order valence-corrected chi connectivity index (χ1v) is 7.57. The summed E-state index contributed by atoms with van der Waals surface area (Å²) in [5.74, 6) is -1.10. The van der Waals surface area contributed by atoms with E-state index in [0.717, 1.165) is 23.0 Å². The van der Waals surface area contributed by atoms with Crippen molar-refractivity contribution in [2.45, 2.75) is 24.7 Å². The van der Waals surface area contributed by atoms with Crippen LogP contribution in [-0.2, 0) is 4.79 Å². The molecule has 0 radical (unpaired) electrons. The molecule has 0 atom stereocenters. The van der Waals surface area contributed by atoms with Crippen molar-refractivity contribution in [3.63, 3.8) is 0 Å². The summed E-state index contributed by atoms with van der Waals surface area (Å²) in [5, 5.41) is 22.2. The smallest absolute Gasteiger partial charge is 0.247 e. The minimum atomic E-state index is -1.18. The third-order valence-corrected chi connectivity index (χ3v) is 3.74. The number of aromatic nitrogens is 3. The van der Waals surface area contributed by atoms with Crippen molar-refractivity contribution in [3.8, 4) is 17.1 Å². The van der Waals surface area contributed by atoms with Crippen LogP contribution in [0.3, 0.4) is 0 Å². The monoisotopic (exact) mass is 317 g/mol. The molecule has 114 valence electrons. The standard InChI is InChI=1S/C14H14N4O3S/c1-14(2)16-9-6-4-3-5-8(9)11-12(21-14)15-13(18-17-11)22-7-10(19)20/h3-6,16H,7H2,1-2H3,(H,19,20)/p-1. The number of hydrogen-bond donors (Lipinski definition) is 1. The molecule has 2 heterocycles. The first kappa shape index (κ1) is 14.6. The molecule has 0 amide bonds. The van der Waals surface area contributed by atoms with E-state index in [-0.39, 0.29) is 10.9 Å². The molecule has 2 aromatic rings. The number of benzene rings is 1. The summed E-state index contributed by atoms with van der Waals surface area (Å²) in [7, 11) is 0. The Morgan fingerprint density at radius 3 is 2.91 bits per heavy atom. The van der Waals surface area contributed by atoms with Gasteiger partial charge in [-0.25, -0.2) is 0 Å². The summed E-state index contributed by atoms with van der Waals surface area (Å²) < 4.78 is 5.87. The third-order valence-electron chi connectivity index (χ3n) is 2.92. The molecule has 1 aliphatic rings. The van der Waals surface area contributed by atoms with Crippen LogP contribution in [0.1, 0.15) is 13.8 Å². The zero-order valence-corrected chi connectivity index (χ0v) is 12.8. The predicted molar refractivity (Wildman–Crippen MR) is 79.3 cm³/mol.